The standard InChI is InChI=1S/C24H33N3O2/c1-16-14-17-6-2-5-9-22(17)27(16)24(29)21-8-4-3-7-20(21)23(28)26-13-12-18-10-11-19(15-26)25-18/h2,5-6,9,16,18-21,25H,3-4,7-8,10-15H2,1H3. The Hall–Kier alpha value is -1.88. The zero-order valence-electron chi connectivity index (χ0n) is 17.5. The number of carbonyl (C=O) groups is 2. The van der Waals surface area contributed by atoms with Gasteiger partial charge in [0.05, 0.1) is 5.92 Å². The summed E-state index contributed by atoms with van der Waals surface area (Å²) >= 11 is 0. The van der Waals surface area contributed by atoms with Crippen LogP contribution in [0, 0.1) is 11.8 Å². The fourth-order valence-corrected chi connectivity index (χ4v) is 6.18. The van der Waals surface area contributed by atoms with E-state index < -0.39 is 0 Å². The fourth-order valence-electron chi connectivity index (χ4n) is 6.18. The molecule has 3 fully saturated rings. The van der Waals surface area contributed by atoms with Crippen molar-refractivity contribution in [3.63, 3.8) is 0 Å². The lowest BCUT2D eigenvalue weighted by Crippen LogP contribution is -2.49. The molecule has 2 saturated heterocycles. The van der Waals surface area contributed by atoms with E-state index in [4.69, 9.17) is 0 Å². The fraction of sp³-hybridized carbons (Fsp3) is 0.667. The number of rotatable bonds is 2. The van der Waals surface area contributed by atoms with Gasteiger partial charge in [-0.1, -0.05) is 31.0 Å². The van der Waals surface area contributed by atoms with Gasteiger partial charge in [0.15, 0.2) is 0 Å². The highest BCUT2D eigenvalue weighted by Crippen LogP contribution is 2.39. The Morgan fingerprint density at radius 1 is 0.931 bits per heavy atom. The topological polar surface area (TPSA) is 52.7 Å². The van der Waals surface area contributed by atoms with E-state index in [9.17, 15) is 9.59 Å². The zero-order chi connectivity index (χ0) is 20.0. The molecule has 29 heavy (non-hydrogen) atoms. The van der Waals surface area contributed by atoms with Crippen molar-refractivity contribution in [2.75, 3.05) is 18.0 Å². The van der Waals surface area contributed by atoms with Gasteiger partial charge < -0.3 is 15.1 Å². The Morgan fingerprint density at radius 3 is 2.48 bits per heavy atom. The molecule has 1 saturated carbocycles. The highest BCUT2D eigenvalue weighted by Gasteiger charge is 2.43. The summed E-state index contributed by atoms with van der Waals surface area (Å²) in [5, 5.41) is 3.67. The van der Waals surface area contributed by atoms with Crippen LogP contribution in [0.2, 0.25) is 0 Å². The maximum absolute atomic E-state index is 13.7. The number of amides is 2. The Morgan fingerprint density at radius 2 is 1.66 bits per heavy atom. The van der Waals surface area contributed by atoms with Crippen molar-refractivity contribution in [2.24, 2.45) is 11.8 Å². The molecular formula is C24H33N3O2. The molecule has 1 aromatic rings. The molecular weight excluding hydrogens is 362 g/mol. The molecule has 5 rings (SSSR count). The third-order valence-electron chi connectivity index (χ3n) is 7.68. The molecule has 5 unspecified atom stereocenters. The van der Waals surface area contributed by atoms with Crippen LogP contribution in [-0.2, 0) is 16.0 Å². The molecule has 5 nitrogen and oxygen atoms in total. The van der Waals surface area contributed by atoms with Crippen molar-refractivity contribution >= 4 is 17.5 Å². The van der Waals surface area contributed by atoms with Crippen molar-refractivity contribution in [1.82, 2.24) is 10.2 Å². The first-order valence-corrected chi connectivity index (χ1v) is 11.6. The Labute approximate surface area is 173 Å². The van der Waals surface area contributed by atoms with Crippen LogP contribution in [0.15, 0.2) is 24.3 Å². The molecule has 5 heteroatoms. The highest BCUT2D eigenvalue weighted by molar-refractivity contribution is 6.00. The molecule has 156 valence electrons. The second-order valence-corrected chi connectivity index (χ2v) is 9.60. The predicted octanol–water partition coefficient (Wildman–Crippen LogP) is 3.12. The minimum Gasteiger partial charge on any atom is -0.341 e. The van der Waals surface area contributed by atoms with Gasteiger partial charge in [0, 0.05) is 42.8 Å². The van der Waals surface area contributed by atoms with E-state index in [1.54, 1.807) is 0 Å². The van der Waals surface area contributed by atoms with Crippen LogP contribution >= 0.6 is 0 Å². The van der Waals surface area contributed by atoms with Crippen LogP contribution in [0.3, 0.4) is 0 Å². The van der Waals surface area contributed by atoms with Gasteiger partial charge in [-0.3, -0.25) is 9.59 Å². The molecule has 2 bridgehead atoms. The van der Waals surface area contributed by atoms with E-state index in [2.05, 4.69) is 29.3 Å². The van der Waals surface area contributed by atoms with Gasteiger partial charge in [0.2, 0.25) is 11.8 Å². The number of benzene rings is 1. The largest absolute Gasteiger partial charge is 0.341 e. The van der Waals surface area contributed by atoms with Gasteiger partial charge in [-0.2, -0.15) is 0 Å². The van der Waals surface area contributed by atoms with Crippen LogP contribution < -0.4 is 10.2 Å². The lowest BCUT2D eigenvalue weighted by molar-refractivity contribution is -0.143. The maximum Gasteiger partial charge on any atom is 0.231 e. The van der Waals surface area contributed by atoms with Gasteiger partial charge in [0.1, 0.15) is 0 Å². The van der Waals surface area contributed by atoms with Crippen molar-refractivity contribution in [3.8, 4) is 0 Å². The highest BCUT2D eigenvalue weighted by atomic mass is 16.2. The third kappa shape index (κ3) is 3.48. The summed E-state index contributed by atoms with van der Waals surface area (Å²) in [6.07, 6.45) is 8.18. The molecule has 3 aliphatic heterocycles. The number of hydrogen-bond acceptors (Lipinski definition) is 3. The number of nitrogens with one attached hydrogen (secondary N) is 1. The van der Waals surface area contributed by atoms with Crippen molar-refractivity contribution in [2.45, 2.75) is 76.4 Å². The average molecular weight is 396 g/mol. The summed E-state index contributed by atoms with van der Waals surface area (Å²) in [5.74, 6) is 0.0959. The van der Waals surface area contributed by atoms with E-state index >= 15 is 0 Å². The van der Waals surface area contributed by atoms with Crippen LogP contribution in [0.5, 0.6) is 0 Å². The number of carbonyl (C=O) groups excluding carboxylic acids is 2. The summed E-state index contributed by atoms with van der Waals surface area (Å²) in [7, 11) is 0. The number of anilines is 1. The number of hydrogen-bond donors (Lipinski definition) is 1. The molecule has 0 aromatic heterocycles. The smallest absolute Gasteiger partial charge is 0.231 e. The third-order valence-corrected chi connectivity index (χ3v) is 7.68. The zero-order valence-corrected chi connectivity index (χ0v) is 17.5. The van der Waals surface area contributed by atoms with Crippen molar-refractivity contribution in [1.29, 1.82) is 0 Å². The first kappa shape index (κ1) is 19.1. The summed E-state index contributed by atoms with van der Waals surface area (Å²) in [6, 6.07) is 9.44. The SMILES string of the molecule is CC1Cc2ccccc2N1C(=O)C1CCCCC1C(=O)N1CCC2CCC(C1)N2. The molecule has 0 radical (unpaired) electrons. The minimum atomic E-state index is -0.168. The molecule has 1 aromatic carbocycles. The summed E-state index contributed by atoms with van der Waals surface area (Å²) in [4.78, 5) is 31.4. The van der Waals surface area contributed by atoms with Gasteiger partial charge >= 0.3 is 0 Å². The van der Waals surface area contributed by atoms with Gasteiger partial charge in [-0.25, -0.2) is 0 Å². The predicted molar refractivity (Wildman–Crippen MR) is 114 cm³/mol. The second-order valence-electron chi connectivity index (χ2n) is 9.60. The molecule has 3 heterocycles. The van der Waals surface area contributed by atoms with Crippen LogP contribution in [0.1, 0.15) is 57.4 Å². The summed E-state index contributed by atoms with van der Waals surface area (Å²) in [5.41, 5.74) is 2.31. The van der Waals surface area contributed by atoms with E-state index in [1.807, 2.05) is 17.0 Å². The number of fused-ring (bicyclic) bond motifs is 3. The Balaban J connectivity index is 1.36. The van der Waals surface area contributed by atoms with Gasteiger partial charge in [0.25, 0.3) is 0 Å². The van der Waals surface area contributed by atoms with E-state index in [0.29, 0.717) is 12.1 Å². The van der Waals surface area contributed by atoms with Crippen LogP contribution in [-0.4, -0.2) is 47.9 Å². The molecule has 2 amide bonds. The molecule has 0 spiro atoms. The molecule has 1 aliphatic carbocycles. The van der Waals surface area contributed by atoms with Crippen LogP contribution in [0.25, 0.3) is 0 Å². The first-order valence-electron chi connectivity index (χ1n) is 11.6. The lowest BCUT2D eigenvalue weighted by atomic mass is 9.77. The first-order chi connectivity index (χ1) is 14.1. The lowest BCUT2D eigenvalue weighted by Gasteiger charge is -2.37. The van der Waals surface area contributed by atoms with Gasteiger partial charge in [-0.15, -0.1) is 0 Å². The van der Waals surface area contributed by atoms with Crippen molar-refractivity contribution < 1.29 is 9.59 Å². The summed E-state index contributed by atoms with van der Waals surface area (Å²) in [6.45, 7) is 3.79. The Bertz CT molecular complexity index is 794. The normalized spacial score (nSPS) is 34.0. The van der Waals surface area contributed by atoms with E-state index in [0.717, 1.165) is 57.3 Å². The number of para-hydroxylation sites is 1. The van der Waals surface area contributed by atoms with Crippen molar-refractivity contribution in [3.05, 3.63) is 29.8 Å². The molecule has 4 aliphatic rings. The Kier molecular flexibility index (Phi) is 5.10. The molecule has 5 atom stereocenters. The average Bonchev–Trinajstić information content (AvgIpc) is 3.24. The molecule has 1 N–H and O–H groups in total. The minimum absolute atomic E-state index is 0.146. The number of nitrogens with zero attached hydrogens (tertiary/aromatic N) is 2. The number of likely N-dealkylation sites (tertiary alicyclic amines) is 1. The van der Waals surface area contributed by atoms with E-state index in [1.165, 1.54) is 18.4 Å². The van der Waals surface area contributed by atoms with Gasteiger partial charge in [-0.05, 0) is 57.1 Å². The monoisotopic (exact) mass is 395 g/mol. The summed E-state index contributed by atoms with van der Waals surface area (Å²) < 4.78 is 0. The van der Waals surface area contributed by atoms with E-state index in [-0.39, 0.29) is 29.7 Å². The maximum atomic E-state index is 13.7. The quantitative estimate of drug-likeness (QED) is 0.837. The van der Waals surface area contributed by atoms with Crippen LogP contribution in [0.4, 0.5) is 5.69 Å². The second kappa shape index (κ2) is 7.75.